The van der Waals surface area contributed by atoms with Gasteiger partial charge in [-0.2, -0.15) is 0 Å². The number of benzene rings is 2. The van der Waals surface area contributed by atoms with Crippen LogP contribution >= 0.6 is 11.6 Å². The van der Waals surface area contributed by atoms with Gasteiger partial charge >= 0.3 is 0 Å². The van der Waals surface area contributed by atoms with Crippen LogP contribution < -0.4 is 0 Å². The molecular weight excluding hydrogens is 276 g/mol. The molecule has 0 radical (unpaired) electrons. The highest BCUT2D eigenvalue weighted by atomic mass is 35.5. The maximum absolute atomic E-state index is 6.66. The lowest BCUT2D eigenvalue weighted by molar-refractivity contribution is 0.542. The molecule has 1 aliphatic rings. The zero-order valence-corrected chi connectivity index (χ0v) is 13.8. The van der Waals surface area contributed by atoms with Crippen molar-refractivity contribution in [2.45, 2.75) is 44.4 Å². The first-order chi connectivity index (χ1) is 9.95. The van der Waals surface area contributed by atoms with E-state index in [0.29, 0.717) is 5.92 Å². The Labute approximate surface area is 133 Å². The quantitative estimate of drug-likeness (QED) is 0.626. The van der Waals surface area contributed by atoms with E-state index in [-0.39, 0.29) is 10.8 Å². The van der Waals surface area contributed by atoms with Gasteiger partial charge in [-0.15, -0.1) is 11.6 Å². The van der Waals surface area contributed by atoms with Crippen LogP contribution in [0.4, 0.5) is 0 Å². The van der Waals surface area contributed by atoms with Gasteiger partial charge in [0.05, 0.1) is 5.38 Å². The zero-order valence-electron chi connectivity index (χ0n) is 13.1. The van der Waals surface area contributed by atoms with Crippen molar-refractivity contribution in [1.29, 1.82) is 0 Å². The van der Waals surface area contributed by atoms with Crippen LogP contribution in [0.15, 0.2) is 48.5 Å². The first-order valence-corrected chi connectivity index (χ1v) is 8.20. The minimum atomic E-state index is 0.156. The molecule has 0 fully saturated rings. The summed E-state index contributed by atoms with van der Waals surface area (Å²) < 4.78 is 0. The number of fused-ring (bicyclic) bond motifs is 1. The molecular formula is C20H23Cl. The van der Waals surface area contributed by atoms with E-state index in [0.717, 1.165) is 12.8 Å². The smallest absolute Gasteiger partial charge is 0.0622 e. The molecule has 0 spiro atoms. The van der Waals surface area contributed by atoms with Gasteiger partial charge in [-0.3, -0.25) is 0 Å². The number of hydrogen-bond donors (Lipinski definition) is 0. The van der Waals surface area contributed by atoms with Crippen LogP contribution in [0.3, 0.4) is 0 Å². The summed E-state index contributed by atoms with van der Waals surface area (Å²) in [5.41, 5.74) is 5.76. The third-order valence-corrected chi connectivity index (χ3v) is 5.16. The van der Waals surface area contributed by atoms with Crippen molar-refractivity contribution in [3.05, 3.63) is 70.8 Å². The van der Waals surface area contributed by atoms with Gasteiger partial charge in [0.15, 0.2) is 0 Å². The van der Waals surface area contributed by atoms with E-state index < -0.39 is 0 Å². The number of alkyl halides is 1. The zero-order chi connectivity index (χ0) is 15.0. The lowest BCUT2D eigenvalue weighted by Crippen LogP contribution is -2.11. The molecule has 1 aliphatic carbocycles. The molecule has 2 atom stereocenters. The van der Waals surface area contributed by atoms with Crippen LogP contribution in [0, 0.1) is 5.92 Å². The van der Waals surface area contributed by atoms with Gasteiger partial charge in [0.2, 0.25) is 0 Å². The Balaban J connectivity index is 1.74. The molecule has 2 aromatic carbocycles. The van der Waals surface area contributed by atoms with E-state index >= 15 is 0 Å². The summed E-state index contributed by atoms with van der Waals surface area (Å²) in [6.45, 7) is 6.76. The van der Waals surface area contributed by atoms with Gasteiger partial charge in [-0.1, -0.05) is 69.3 Å². The summed E-state index contributed by atoms with van der Waals surface area (Å²) in [6.07, 6.45) is 2.17. The van der Waals surface area contributed by atoms with Crippen molar-refractivity contribution in [2.24, 2.45) is 5.92 Å². The Kier molecular flexibility index (Phi) is 3.84. The normalized spacial score (nSPS) is 21.3. The average molecular weight is 299 g/mol. The monoisotopic (exact) mass is 298 g/mol. The van der Waals surface area contributed by atoms with Crippen molar-refractivity contribution in [3.63, 3.8) is 0 Å². The SMILES string of the molecule is CC(C)(C)c1ccc(CC2Cc3ccccc3C2Cl)cc1. The summed E-state index contributed by atoms with van der Waals surface area (Å²) in [4.78, 5) is 0. The molecule has 0 aromatic heterocycles. The van der Waals surface area contributed by atoms with Crippen LogP contribution in [0.2, 0.25) is 0 Å². The fourth-order valence-corrected chi connectivity index (χ4v) is 3.64. The molecule has 1 heteroatoms. The van der Waals surface area contributed by atoms with E-state index in [4.69, 9.17) is 11.6 Å². The van der Waals surface area contributed by atoms with E-state index in [1.807, 2.05) is 0 Å². The second-order valence-electron chi connectivity index (χ2n) is 7.22. The second kappa shape index (κ2) is 5.50. The van der Waals surface area contributed by atoms with Crippen LogP contribution in [-0.2, 0) is 18.3 Å². The predicted octanol–water partition coefficient (Wildman–Crippen LogP) is 5.68. The molecule has 2 aromatic rings. The molecule has 0 saturated heterocycles. The lowest BCUT2D eigenvalue weighted by Gasteiger charge is -2.20. The molecule has 0 bridgehead atoms. The molecule has 0 saturated carbocycles. The summed E-state index contributed by atoms with van der Waals surface area (Å²) in [5.74, 6) is 0.518. The summed E-state index contributed by atoms with van der Waals surface area (Å²) in [6, 6.07) is 17.7. The molecule has 2 unspecified atom stereocenters. The van der Waals surface area contributed by atoms with Gasteiger partial charge < -0.3 is 0 Å². The maximum Gasteiger partial charge on any atom is 0.0622 e. The molecule has 110 valence electrons. The Morgan fingerprint density at radius 2 is 1.67 bits per heavy atom. The molecule has 0 aliphatic heterocycles. The van der Waals surface area contributed by atoms with Crippen molar-refractivity contribution in [1.82, 2.24) is 0 Å². The third-order valence-electron chi connectivity index (χ3n) is 4.57. The minimum Gasteiger partial charge on any atom is -0.117 e. The molecule has 0 heterocycles. The Morgan fingerprint density at radius 1 is 1.00 bits per heavy atom. The number of hydrogen-bond acceptors (Lipinski definition) is 0. The Bertz CT molecular complexity index is 619. The fourth-order valence-electron chi connectivity index (χ4n) is 3.25. The van der Waals surface area contributed by atoms with Crippen molar-refractivity contribution in [2.75, 3.05) is 0 Å². The summed E-state index contributed by atoms with van der Waals surface area (Å²) >= 11 is 6.66. The van der Waals surface area contributed by atoms with Crippen LogP contribution in [0.25, 0.3) is 0 Å². The van der Waals surface area contributed by atoms with Gasteiger partial charge in [-0.25, -0.2) is 0 Å². The highest BCUT2D eigenvalue weighted by Crippen LogP contribution is 2.42. The van der Waals surface area contributed by atoms with E-state index in [9.17, 15) is 0 Å². The maximum atomic E-state index is 6.66. The van der Waals surface area contributed by atoms with Crippen molar-refractivity contribution >= 4 is 11.6 Å². The topological polar surface area (TPSA) is 0 Å². The van der Waals surface area contributed by atoms with Gasteiger partial charge in [0.25, 0.3) is 0 Å². The third kappa shape index (κ3) is 3.01. The highest BCUT2D eigenvalue weighted by Gasteiger charge is 2.30. The molecule has 21 heavy (non-hydrogen) atoms. The van der Waals surface area contributed by atoms with Gasteiger partial charge in [-0.05, 0) is 46.4 Å². The standard InChI is InChI=1S/C20H23Cl/c1-20(2,3)17-10-8-14(9-11-17)12-16-13-15-6-4-5-7-18(15)19(16)21/h4-11,16,19H,12-13H2,1-3H3. The lowest BCUT2D eigenvalue weighted by atomic mass is 9.86. The first-order valence-electron chi connectivity index (χ1n) is 7.76. The van der Waals surface area contributed by atoms with Crippen LogP contribution in [0.5, 0.6) is 0 Å². The number of halogens is 1. The Morgan fingerprint density at radius 3 is 2.29 bits per heavy atom. The first kappa shape index (κ1) is 14.7. The Hall–Kier alpha value is -1.27. The summed E-state index contributed by atoms with van der Waals surface area (Å²) in [5, 5.41) is 0.156. The average Bonchev–Trinajstić information content (AvgIpc) is 2.76. The van der Waals surface area contributed by atoms with Gasteiger partial charge in [0.1, 0.15) is 0 Å². The second-order valence-corrected chi connectivity index (χ2v) is 7.69. The minimum absolute atomic E-state index is 0.156. The van der Waals surface area contributed by atoms with Crippen LogP contribution in [0.1, 0.15) is 48.4 Å². The van der Waals surface area contributed by atoms with E-state index in [2.05, 4.69) is 69.3 Å². The van der Waals surface area contributed by atoms with E-state index in [1.54, 1.807) is 0 Å². The predicted molar refractivity (Wildman–Crippen MR) is 91.1 cm³/mol. The molecule has 0 amide bonds. The molecule has 0 N–H and O–H groups in total. The molecule has 3 rings (SSSR count). The highest BCUT2D eigenvalue weighted by molar-refractivity contribution is 6.21. The molecule has 0 nitrogen and oxygen atoms in total. The summed E-state index contributed by atoms with van der Waals surface area (Å²) in [7, 11) is 0. The van der Waals surface area contributed by atoms with Crippen LogP contribution in [-0.4, -0.2) is 0 Å². The van der Waals surface area contributed by atoms with Crippen molar-refractivity contribution < 1.29 is 0 Å². The van der Waals surface area contributed by atoms with E-state index in [1.165, 1.54) is 22.3 Å². The van der Waals surface area contributed by atoms with Gasteiger partial charge in [0, 0.05) is 0 Å². The largest absolute Gasteiger partial charge is 0.117 e. The fraction of sp³-hybridized carbons (Fsp3) is 0.400. The van der Waals surface area contributed by atoms with Crippen molar-refractivity contribution in [3.8, 4) is 0 Å². The number of rotatable bonds is 2.